The van der Waals surface area contributed by atoms with E-state index in [4.69, 9.17) is 18.9 Å². The van der Waals surface area contributed by atoms with Crippen molar-refractivity contribution in [3.05, 3.63) is 238 Å². The summed E-state index contributed by atoms with van der Waals surface area (Å²) in [5.41, 5.74) is 23.9. The second kappa shape index (κ2) is 40.2. The lowest BCUT2D eigenvalue weighted by Gasteiger charge is -2.47. The number of aromatic hydroxyl groups is 2. The molecule has 0 saturated heterocycles. The summed E-state index contributed by atoms with van der Waals surface area (Å²) in [6, 6.07) is 62.8. The molecule has 10 aromatic carbocycles. The maximum atomic E-state index is 12.4. The quantitative estimate of drug-likeness (QED) is 0.0295. The van der Waals surface area contributed by atoms with Gasteiger partial charge in [0.2, 0.25) is 0 Å². The first-order valence-corrected chi connectivity index (χ1v) is 43.1. The SMILES string of the molecule is CCCCC(CC)COc1cc(C)c(-c2ccc(N(c3ccc(-c4c(C)cc(OCC(CC)CCCC)cc4C)cc3)c3ccc(C4C(O)C(c5ccc(N(c6ccc(-c7c(C)cc(OCC(CC)CCCC)cc7C)cc6)c6ccc(-c7c(C)cc(OCC(CC)CCCC)cc7C)cc6)cc5O)C4O)c(O)c3)cc2)c(C)c1. The Labute approximate surface area is 683 Å². The van der Waals surface area contributed by atoms with Crippen molar-refractivity contribution >= 4 is 34.1 Å². The minimum absolute atomic E-state index is 0.0582. The van der Waals surface area contributed by atoms with Gasteiger partial charge in [0.15, 0.2) is 0 Å². The van der Waals surface area contributed by atoms with Gasteiger partial charge in [0, 0.05) is 69.2 Å². The fraction of sp³-hybridized carbons (Fsp3) is 0.423. The van der Waals surface area contributed by atoms with E-state index in [-0.39, 0.29) is 11.5 Å². The zero-order chi connectivity index (χ0) is 81.3. The topological polar surface area (TPSA) is 124 Å². The van der Waals surface area contributed by atoms with Gasteiger partial charge in [0.25, 0.3) is 0 Å². The molecule has 1 saturated carbocycles. The Morgan fingerprint density at radius 3 is 0.667 bits per heavy atom. The van der Waals surface area contributed by atoms with Crippen LogP contribution < -0.4 is 28.7 Å². The van der Waals surface area contributed by atoms with Gasteiger partial charge in [0.1, 0.15) is 34.5 Å². The molecule has 10 heteroatoms. The number of nitrogens with zero attached hydrogens (tertiary/aromatic N) is 2. The van der Waals surface area contributed by atoms with Crippen molar-refractivity contribution in [1.82, 2.24) is 0 Å². The average molecular weight is 1540 g/mol. The van der Waals surface area contributed by atoms with Gasteiger partial charge in [-0.2, -0.15) is 0 Å². The van der Waals surface area contributed by atoms with Gasteiger partial charge in [-0.05, 0) is 303 Å². The van der Waals surface area contributed by atoms with Gasteiger partial charge < -0.3 is 49.2 Å². The van der Waals surface area contributed by atoms with Crippen molar-refractivity contribution in [2.45, 2.75) is 238 Å². The second-order valence-electron chi connectivity index (χ2n) is 33.0. The van der Waals surface area contributed by atoms with Crippen LogP contribution in [0.2, 0.25) is 0 Å². The molecule has 1 fully saturated rings. The number of hydrogen-bond acceptors (Lipinski definition) is 10. The van der Waals surface area contributed by atoms with Crippen LogP contribution in [0.4, 0.5) is 34.1 Å². The highest BCUT2D eigenvalue weighted by Crippen LogP contribution is 2.54. The zero-order valence-electron chi connectivity index (χ0n) is 71.4. The molecule has 0 aliphatic heterocycles. The molecule has 604 valence electrons. The fourth-order valence-electron chi connectivity index (χ4n) is 17.6. The summed E-state index contributed by atoms with van der Waals surface area (Å²) >= 11 is 0. The minimum atomic E-state index is -1.14. The Kier molecular flexibility index (Phi) is 30.1. The van der Waals surface area contributed by atoms with Gasteiger partial charge in [-0.15, -0.1) is 0 Å². The first-order chi connectivity index (χ1) is 55.1. The van der Waals surface area contributed by atoms with E-state index >= 15 is 0 Å². The number of benzene rings is 10. The maximum absolute atomic E-state index is 12.4. The van der Waals surface area contributed by atoms with Gasteiger partial charge in [-0.1, -0.05) is 193 Å². The Bertz CT molecular complexity index is 4130. The minimum Gasteiger partial charge on any atom is -0.508 e. The molecule has 4 atom stereocenters. The van der Waals surface area contributed by atoms with Gasteiger partial charge >= 0.3 is 0 Å². The van der Waals surface area contributed by atoms with Crippen LogP contribution in [0, 0.1) is 79.1 Å². The number of aliphatic hydroxyl groups is 2. The lowest BCUT2D eigenvalue weighted by molar-refractivity contribution is -0.0797. The molecule has 10 aromatic rings. The van der Waals surface area contributed by atoms with Crippen LogP contribution in [0.25, 0.3) is 44.5 Å². The predicted octanol–water partition coefficient (Wildman–Crippen LogP) is 28.2. The lowest BCUT2D eigenvalue weighted by Crippen LogP contribution is -2.51. The number of hydrogen-bond donors (Lipinski definition) is 4. The van der Waals surface area contributed by atoms with Crippen LogP contribution in [0.5, 0.6) is 34.5 Å². The smallest absolute Gasteiger partial charge is 0.121 e. The van der Waals surface area contributed by atoms with E-state index in [0.717, 1.165) is 160 Å². The van der Waals surface area contributed by atoms with Crippen molar-refractivity contribution in [2.24, 2.45) is 23.7 Å². The van der Waals surface area contributed by atoms with Crippen molar-refractivity contribution in [2.75, 3.05) is 36.2 Å². The Morgan fingerprint density at radius 2 is 0.482 bits per heavy atom. The number of phenols is 2. The Balaban J connectivity index is 0.881. The maximum Gasteiger partial charge on any atom is 0.121 e. The number of rotatable bonds is 40. The number of aliphatic hydroxyl groups excluding tert-OH is 2. The van der Waals surface area contributed by atoms with E-state index < -0.39 is 24.0 Å². The number of anilines is 6. The standard InChI is InChI=1S/C104H130N2O8/c1-17-25-29-75(21-5)63-111-89-53-67(9)97(68(10)54-89)79-33-41-83(42-34-79)105(84-43-35-80(36-44-84)98-69(11)55-90(56-70(98)12)112-64-76(22-6)30-26-18-2)87-49-51-93(95(107)61-87)101-103(109)102(104(101)110)94-52-50-88(62-96(94)108)106(85-45-37-81(38-46-85)99-71(13)57-91(58-72(99)14)113-65-77(23-7)31-27-19-3)86-47-39-82(40-48-86)100-73(15)59-92(60-74(100)16)114-66-78(24-8)32-28-20-4/h33-62,75-78,101-104,107-110H,17-32,63-66H2,1-16H3. The second-order valence-corrected chi connectivity index (χ2v) is 33.0. The molecule has 0 radical (unpaired) electrons. The van der Waals surface area contributed by atoms with Crippen molar-refractivity contribution in [1.29, 1.82) is 0 Å². The number of aryl methyl sites for hydroxylation is 8. The molecule has 0 heterocycles. The largest absolute Gasteiger partial charge is 0.508 e. The third-order valence-electron chi connectivity index (χ3n) is 24.5. The molecule has 4 N–H and O–H groups in total. The molecule has 1 aliphatic rings. The molecule has 114 heavy (non-hydrogen) atoms. The summed E-state index contributed by atoms with van der Waals surface area (Å²) in [4.78, 5) is 4.28. The number of ether oxygens (including phenoxy) is 4. The molecule has 0 spiro atoms. The first-order valence-electron chi connectivity index (χ1n) is 43.1. The van der Waals surface area contributed by atoms with Crippen molar-refractivity contribution < 1.29 is 39.4 Å². The third kappa shape index (κ3) is 20.2. The molecular weight excluding hydrogens is 1410 g/mol. The molecule has 10 nitrogen and oxygen atoms in total. The van der Waals surface area contributed by atoms with E-state index in [1.54, 1.807) is 12.1 Å². The van der Waals surface area contributed by atoms with Crippen LogP contribution in [-0.2, 0) is 0 Å². The summed E-state index contributed by atoms with van der Waals surface area (Å²) in [5, 5.41) is 49.5. The highest BCUT2D eigenvalue weighted by atomic mass is 16.5. The normalized spacial score (nSPS) is 15.7. The molecule has 4 unspecified atom stereocenters. The average Bonchev–Trinajstić information content (AvgIpc) is 0.732. The van der Waals surface area contributed by atoms with E-state index in [1.165, 1.54) is 77.0 Å². The summed E-state index contributed by atoms with van der Waals surface area (Å²) in [6.45, 7) is 38.1. The number of unbranched alkanes of at least 4 members (excludes halogenated alkanes) is 4. The van der Waals surface area contributed by atoms with E-state index in [2.05, 4.69) is 266 Å². The van der Waals surface area contributed by atoms with E-state index in [0.29, 0.717) is 72.6 Å². The summed E-state index contributed by atoms with van der Waals surface area (Å²) < 4.78 is 25.8. The van der Waals surface area contributed by atoms with E-state index in [1.807, 2.05) is 24.3 Å². The first kappa shape index (κ1) is 85.4. The summed E-state index contributed by atoms with van der Waals surface area (Å²) in [6.07, 6.45) is 16.4. The zero-order valence-corrected chi connectivity index (χ0v) is 71.4. The Morgan fingerprint density at radius 1 is 0.281 bits per heavy atom. The highest BCUT2D eigenvalue weighted by Gasteiger charge is 2.52. The fourth-order valence-corrected chi connectivity index (χ4v) is 17.6. The molecule has 11 rings (SSSR count). The van der Waals surface area contributed by atoms with Crippen molar-refractivity contribution in [3.63, 3.8) is 0 Å². The molecule has 0 aromatic heterocycles. The van der Waals surface area contributed by atoms with Crippen LogP contribution in [0.3, 0.4) is 0 Å². The predicted molar refractivity (Wildman–Crippen MR) is 478 cm³/mol. The number of phenolic OH excluding ortho intramolecular Hbond substituents is 2. The van der Waals surface area contributed by atoms with Gasteiger partial charge in [0.05, 0.1) is 38.6 Å². The third-order valence-corrected chi connectivity index (χ3v) is 24.5. The molecular formula is C104H130N2O8. The van der Waals surface area contributed by atoms with Crippen molar-refractivity contribution in [3.8, 4) is 79.0 Å². The molecule has 0 amide bonds. The van der Waals surface area contributed by atoms with Gasteiger partial charge in [-0.25, -0.2) is 0 Å². The van der Waals surface area contributed by atoms with Crippen LogP contribution in [0.1, 0.15) is 226 Å². The summed E-state index contributed by atoms with van der Waals surface area (Å²) in [7, 11) is 0. The summed E-state index contributed by atoms with van der Waals surface area (Å²) in [5.74, 6) is 3.92. The lowest BCUT2D eigenvalue weighted by atomic mass is 9.63. The molecule has 0 bridgehead atoms. The molecule has 1 aliphatic carbocycles. The monoisotopic (exact) mass is 1530 g/mol. The Hall–Kier alpha value is -9.48. The van der Waals surface area contributed by atoms with Crippen LogP contribution >= 0.6 is 0 Å². The van der Waals surface area contributed by atoms with Crippen LogP contribution in [-0.4, -0.2) is 59.1 Å². The highest BCUT2D eigenvalue weighted by molar-refractivity contribution is 5.85. The van der Waals surface area contributed by atoms with Crippen LogP contribution in [0.15, 0.2) is 182 Å². The van der Waals surface area contributed by atoms with E-state index in [9.17, 15) is 20.4 Å². The van der Waals surface area contributed by atoms with Gasteiger partial charge in [-0.3, -0.25) is 0 Å².